The summed E-state index contributed by atoms with van der Waals surface area (Å²) in [4.78, 5) is 26.9. The Labute approximate surface area is 116 Å². The first-order valence-corrected chi connectivity index (χ1v) is 6.72. The van der Waals surface area contributed by atoms with E-state index >= 15 is 0 Å². The highest BCUT2D eigenvalue weighted by molar-refractivity contribution is 5.94. The molecule has 1 saturated carbocycles. The van der Waals surface area contributed by atoms with Gasteiger partial charge in [-0.25, -0.2) is 4.39 Å². The van der Waals surface area contributed by atoms with Crippen molar-refractivity contribution in [2.24, 2.45) is 5.92 Å². The number of aromatic nitrogens is 1. The Morgan fingerprint density at radius 3 is 2.70 bits per heavy atom. The Morgan fingerprint density at radius 1 is 1.25 bits per heavy atom. The van der Waals surface area contributed by atoms with Crippen LogP contribution in [-0.4, -0.2) is 28.0 Å². The largest absolute Gasteiger partial charge is 0.481 e. The number of hydrogen-bond donors (Lipinski definition) is 2. The monoisotopic (exact) mass is 280 g/mol. The van der Waals surface area contributed by atoms with Crippen molar-refractivity contribution in [3.05, 3.63) is 29.8 Å². The number of carboxylic acid groups (broad SMARTS) is 1. The maximum Gasteiger partial charge on any atom is 0.308 e. The molecular formula is C14H17FN2O3. The predicted octanol–water partition coefficient (Wildman–Crippen LogP) is 1.98. The number of pyridine rings is 1. The normalized spacial score (nSPS) is 22.9. The van der Waals surface area contributed by atoms with E-state index in [9.17, 15) is 19.1 Å². The Kier molecular flexibility index (Phi) is 4.65. The van der Waals surface area contributed by atoms with Crippen molar-refractivity contribution in [3.8, 4) is 0 Å². The molecule has 1 fully saturated rings. The molecule has 0 aliphatic heterocycles. The fourth-order valence-corrected chi connectivity index (χ4v) is 2.56. The minimum Gasteiger partial charge on any atom is -0.481 e. The predicted molar refractivity (Wildman–Crippen MR) is 69.7 cm³/mol. The van der Waals surface area contributed by atoms with Crippen LogP contribution in [0.5, 0.6) is 0 Å². The molecule has 2 rings (SSSR count). The molecule has 2 unspecified atom stereocenters. The van der Waals surface area contributed by atoms with E-state index in [4.69, 9.17) is 0 Å². The maximum atomic E-state index is 13.0. The summed E-state index contributed by atoms with van der Waals surface area (Å²) < 4.78 is 13.0. The van der Waals surface area contributed by atoms with Gasteiger partial charge < -0.3 is 10.4 Å². The van der Waals surface area contributed by atoms with Crippen molar-refractivity contribution in [2.75, 3.05) is 0 Å². The van der Waals surface area contributed by atoms with Gasteiger partial charge in [-0.15, -0.1) is 0 Å². The van der Waals surface area contributed by atoms with Crippen molar-refractivity contribution < 1.29 is 19.1 Å². The SMILES string of the molecule is O=C(NC1CCCCCC1C(=O)O)c1cncc(F)c1. The van der Waals surface area contributed by atoms with E-state index in [1.165, 1.54) is 6.20 Å². The van der Waals surface area contributed by atoms with Gasteiger partial charge in [-0.1, -0.05) is 19.3 Å². The topological polar surface area (TPSA) is 79.3 Å². The zero-order valence-electron chi connectivity index (χ0n) is 11.0. The van der Waals surface area contributed by atoms with Crippen molar-refractivity contribution in [1.82, 2.24) is 10.3 Å². The summed E-state index contributed by atoms with van der Waals surface area (Å²) in [5.41, 5.74) is 0.110. The molecule has 0 spiro atoms. The molecule has 1 aliphatic rings. The van der Waals surface area contributed by atoms with E-state index in [-0.39, 0.29) is 5.56 Å². The third-order valence-corrected chi connectivity index (χ3v) is 3.62. The van der Waals surface area contributed by atoms with Crippen LogP contribution in [0.2, 0.25) is 0 Å². The molecule has 1 aromatic heterocycles. The van der Waals surface area contributed by atoms with E-state index in [0.717, 1.165) is 31.5 Å². The van der Waals surface area contributed by atoms with Gasteiger partial charge in [-0.2, -0.15) is 0 Å². The third-order valence-electron chi connectivity index (χ3n) is 3.62. The number of nitrogens with zero attached hydrogens (tertiary/aromatic N) is 1. The number of halogens is 1. The third kappa shape index (κ3) is 3.53. The zero-order valence-corrected chi connectivity index (χ0v) is 11.0. The standard InChI is InChI=1S/C14H17FN2O3/c15-10-6-9(7-16-8-10)13(18)17-12-5-3-1-2-4-11(12)14(19)20/h6-8,11-12H,1-5H2,(H,17,18)(H,19,20). The molecule has 2 atom stereocenters. The second-order valence-corrected chi connectivity index (χ2v) is 5.05. The minimum atomic E-state index is -0.894. The van der Waals surface area contributed by atoms with Crippen LogP contribution in [0, 0.1) is 11.7 Å². The van der Waals surface area contributed by atoms with Crippen molar-refractivity contribution in [2.45, 2.75) is 38.1 Å². The summed E-state index contributed by atoms with van der Waals surface area (Å²) in [6.07, 6.45) is 6.18. The quantitative estimate of drug-likeness (QED) is 0.830. The highest BCUT2D eigenvalue weighted by Crippen LogP contribution is 2.24. The molecule has 0 bridgehead atoms. The molecular weight excluding hydrogens is 263 g/mol. The van der Waals surface area contributed by atoms with Crippen LogP contribution >= 0.6 is 0 Å². The number of carboxylic acids is 1. The summed E-state index contributed by atoms with van der Waals surface area (Å²) >= 11 is 0. The second-order valence-electron chi connectivity index (χ2n) is 5.05. The molecule has 0 radical (unpaired) electrons. The second kappa shape index (κ2) is 6.45. The minimum absolute atomic E-state index is 0.110. The molecule has 1 aromatic rings. The maximum absolute atomic E-state index is 13.0. The van der Waals surface area contributed by atoms with E-state index < -0.39 is 29.7 Å². The molecule has 1 aliphatic carbocycles. The average molecular weight is 280 g/mol. The van der Waals surface area contributed by atoms with Crippen LogP contribution in [0.25, 0.3) is 0 Å². The van der Waals surface area contributed by atoms with Gasteiger partial charge in [0, 0.05) is 12.2 Å². The van der Waals surface area contributed by atoms with Gasteiger partial charge in [-0.3, -0.25) is 14.6 Å². The molecule has 6 heteroatoms. The summed E-state index contributed by atoms with van der Waals surface area (Å²) in [6.45, 7) is 0. The van der Waals surface area contributed by atoms with Gasteiger partial charge in [0.15, 0.2) is 0 Å². The van der Waals surface area contributed by atoms with Gasteiger partial charge in [0.05, 0.1) is 17.7 Å². The fraction of sp³-hybridized carbons (Fsp3) is 0.500. The van der Waals surface area contributed by atoms with Gasteiger partial charge in [0.1, 0.15) is 5.82 Å². The summed E-state index contributed by atoms with van der Waals surface area (Å²) in [5.74, 6) is -2.54. The van der Waals surface area contributed by atoms with Crippen molar-refractivity contribution >= 4 is 11.9 Å². The summed E-state index contributed by atoms with van der Waals surface area (Å²) in [6, 6.07) is 0.681. The first kappa shape index (κ1) is 14.4. The van der Waals surface area contributed by atoms with Crippen LogP contribution in [0.1, 0.15) is 42.5 Å². The lowest BCUT2D eigenvalue weighted by molar-refractivity contribution is -0.142. The molecule has 1 heterocycles. The Morgan fingerprint density at radius 2 is 2.00 bits per heavy atom. The number of rotatable bonds is 3. The van der Waals surface area contributed by atoms with Gasteiger partial charge in [0.25, 0.3) is 5.91 Å². The number of amides is 1. The first-order chi connectivity index (χ1) is 9.58. The molecule has 0 aromatic carbocycles. The highest BCUT2D eigenvalue weighted by Gasteiger charge is 2.30. The smallest absolute Gasteiger partial charge is 0.308 e. The Balaban J connectivity index is 2.09. The molecule has 2 N–H and O–H groups in total. The molecule has 1 amide bonds. The molecule has 0 saturated heterocycles. The van der Waals surface area contributed by atoms with Crippen LogP contribution < -0.4 is 5.32 Å². The van der Waals surface area contributed by atoms with E-state index in [2.05, 4.69) is 10.3 Å². The van der Waals surface area contributed by atoms with Gasteiger partial charge in [-0.05, 0) is 18.9 Å². The van der Waals surface area contributed by atoms with Crippen molar-refractivity contribution in [3.63, 3.8) is 0 Å². The number of carbonyl (C=O) groups is 2. The molecule has 20 heavy (non-hydrogen) atoms. The molecule has 108 valence electrons. The lowest BCUT2D eigenvalue weighted by atomic mass is 9.94. The van der Waals surface area contributed by atoms with Gasteiger partial charge >= 0.3 is 5.97 Å². The van der Waals surface area contributed by atoms with Gasteiger partial charge in [0.2, 0.25) is 0 Å². The molecule has 5 nitrogen and oxygen atoms in total. The Hall–Kier alpha value is -1.98. The van der Waals surface area contributed by atoms with Crippen LogP contribution in [0.3, 0.4) is 0 Å². The van der Waals surface area contributed by atoms with Crippen LogP contribution in [0.4, 0.5) is 4.39 Å². The number of hydrogen-bond acceptors (Lipinski definition) is 3. The van der Waals surface area contributed by atoms with Crippen molar-refractivity contribution in [1.29, 1.82) is 0 Å². The highest BCUT2D eigenvalue weighted by atomic mass is 19.1. The first-order valence-electron chi connectivity index (χ1n) is 6.72. The zero-order chi connectivity index (χ0) is 14.5. The van der Waals surface area contributed by atoms with E-state index in [0.29, 0.717) is 12.8 Å². The fourth-order valence-electron chi connectivity index (χ4n) is 2.56. The number of carbonyl (C=O) groups excluding carboxylic acids is 1. The lowest BCUT2D eigenvalue weighted by Gasteiger charge is -2.22. The van der Waals surface area contributed by atoms with E-state index in [1.54, 1.807) is 0 Å². The Bertz CT molecular complexity index is 507. The van der Waals surface area contributed by atoms with Crippen LogP contribution in [-0.2, 0) is 4.79 Å². The van der Waals surface area contributed by atoms with Crippen LogP contribution in [0.15, 0.2) is 18.5 Å². The number of aliphatic carboxylic acids is 1. The number of nitrogens with one attached hydrogen (secondary N) is 1. The van der Waals surface area contributed by atoms with E-state index in [1.807, 2.05) is 0 Å². The summed E-state index contributed by atoms with van der Waals surface area (Å²) in [7, 11) is 0. The average Bonchev–Trinajstić information content (AvgIpc) is 2.64. The summed E-state index contributed by atoms with van der Waals surface area (Å²) in [5, 5.41) is 11.9. The lowest BCUT2D eigenvalue weighted by Crippen LogP contribution is -2.42.